The van der Waals surface area contributed by atoms with Crippen LogP contribution in [-0.4, -0.2) is 85.8 Å². The Morgan fingerprint density at radius 1 is 0.943 bits per heavy atom. The third kappa shape index (κ3) is 7.68. The molecule has 0 radical (unpaired) electrons. The first kappa shape index (κ1) is 26.0. The molecule has 0 aromatic heterocycles. The van der Waals surface area contributed by atoms with Crippen LogP contribution in [0.25, 0.3) is 0 Å². The van der Waals surface area contributed by atoms with Crippen LogP contribution in [0.15, 0.2) is 30.3 Å². The van der Waals surface area contributed by atoms with Crippen LogP contribution >= 0.6 is 0 Å². The van der Waals surface area contributed by atoms with Crippen molar-refractivity contribution in [3.63, 3.8) is 0 Å². The number of morpholine rings is 1. The van der Waals surface area contributed by atoms with Crippen molar-refractivity contribution in [3.05, 3.63) is 30.3 Å². The summed E-state index contributed by atoms with van der Waals surface area (Å²) in [5, 5.41) is 9.54. The molecule has 0 unspecified atom stereocenters. The number of benzene rings is 1. The second kappa shape index (κ2) is 13.3. The molecule has 194 valence electrons. The van der Waals surface area contributed by atoms with Crippen molar-refractivity contribution < 1.29 is 19.4 Å². The van der Waals surface area contributed by atoms with E-state index in [9.17, 15) is 14.7 Å². The number of carboxylic acids is 1. The number of hydrogen-bond donors (Lipinski definition) is 1. The van der Waals surface area contributed by atoms with Crippen molar-refractivity contribution in [3.8, 4) is 0 Å². The number of carbonyl (C=O) groups excluding carboxylic acids is 1. The lowest BCUT2D eigenvalue weighted by Gasteiger charge is -2.41. The zero-order valence-electron chi connectivity index (χ0n) is 21.2. The van der Waals surface area contributed by atoms with Gasteiger partial charge in [-0.05, 0) is 49.7 Å². The Kier molecular flexibility index (Phi) is 9.83. The minimum absolute atomic E-state index is 0.139. The predicted molar refractivity (Wildman–Crippen MR) is 138 cm³/mol. The molecule has 1 N–H and O–H groups in total. The molecule has 2 aliphatic heterocycles. The predicted octanol–water partition coefficient (Wildman–Crippen LogP) is 3.74. The Morgan fingerprint density at radius 3 is 2.40 bits per heavy atom. The maximum atomic E-state index is 13.2. The van der Waals surface area contributed by atoms with Crippen LogP contribution < -0.4 is 4.90 Å². The summed E-state index contributed by atoms with van der Waals surface area (Å²) in [5.41, 5.74) is 1.21. The highest BCUT2D eigenvalue weighted by Gasteiger charge is 2.35. The van der Waals surface area contributed by atoms with Crippen LogP contribution in [0.2, 0.25) is 0 Å². The van der Waals surface area contributed by atoms with Crippen LogP contribution in [0.3, 0.4) is 0 Å². The van der Waals surface area contributed by atoms with Crippen molar-refractivity contribution >= 4 is 17.6 Å². The van der Waals surface area contributed by atoms with Crippen LogP contribution in [0.1, 0.15) is 51.4 Å². The molecule has 1 amide bonds. The number of amides is 1. The summed E-state index contributed by atoms with van der Waals surface area (Å²) in [6.45, 7) is 7.78. The zero-order chi connectivity index (χ0) is 24.5. The van der Waals surface area contributed by atoms with E-state index in [-0.39, 0.29) is 24.2 Å². The average molecular weight is 486 g/mol. The van der Waals surface area contributed by atoms with Crippen molar-refractivity contribution in [2.45, 2.75) is 51.4 Å². The Labute approximate surface area is 210 Å². The maximum Gasteiger partial charge on any atom is 0.303 e. The van der Waals surface area contributed by atoms with Gasteiger partial charge >= 0.3 is 5.97 Å². The van der Waals surface area contributed by atoms with E-state index < -0.39 is 5.97 Å². The lowest BCUT2D eigenvalue weighted by molar-refractivity contribution is -0.141. The SMILES string of the molecule is O=C(O)C[C@@H]1CCN(C(=O)C2CCCCC2)C[C@H]1CCN(CCN1CCOCC1)c1ccccc1. The number of para-hydroxylation sites is 1. The van der Waals surface area contributed by atoms with Gasteiger partial charge in [-0.15, -0.1) is 0 Å². The van der Waals surface area contributed by atoms with Crippen molar-refractivity contribution in [1.29, 1.82) is 0 Å². The molecule has 1 aliphatic carbocycles. The number of rotatable bonds is 10. The Balaban J connectivity index is 1.40. The van der Waals surface area contributed by atoms with Gasteiger partial charge in [0.25, 0.3) is 0 Å². The maximum absolute atomic E-state index is 13.2. The highest BCUT2D eigenvalue weighted by Crippen LogP contribution is 2.33. The van der Waals surface area contributed by atoms with Crippen molar-refractivity contribution in [2.24, 2.45) is 17.8 Å². The fourth-order valence-corrected chi connectivity index (χ4v) is 6.13. The number of carbonyl (C=O) groups is 2. The fraction of sp³-hybridized carbons (Fsp3) is 0.714. The van der Waals surface area contributed by atoms with Gasteiger partial charge in [0.05, 0.1) is 13.2 Å². The first-order valence-corrected chi connectivity index (χ1v) is 13.7. The molecule has 3 aliphatic rings. The average Bonchev–Trinajstić information content (AvgIpc) is 2.90. The number of anilines is 1. The first-order valence-electron chi connectivity index (χ1n) is 13.7. The van der Waals surface area contributed by atoms with Gasteiger partial charge in [0.15, 0.2) is 0 Å². The first-order chi connectivity index (χ1) is 17.1. The number of hydrogen-bond acceptors (Lipinski definition) is 5. The molecule has 0 spiro atoms. The Bertz CT molecular complexity index is 793. The molecular weight excluding hydrogens is 442 g/mol. The summed E-state index contributed by atoms with van der Waals surface area (Å²) in [7, 11) is 0. The molecule has 35 heavy (non-hydrogen) atoms. The molecule has 0 bridgehead atoms. The molecule has 2 heterocycles. The molecule has 1 saturated carbocycles. The van der Waals surface area contributed by atoms with Gasteiger partial charge in [-0.1, -0.05) is 37.5 Å². The molecule has 7 nitrogen and oxygen atoms in total. The van der Waals surface area contributed by atoms with Gasteiger partial charge in [0, 0.05) is 63.8 Å². The molecule has 7 heteroatoms. The van der Waals surface area contributed by atoms with Gasteiger partial charge in [-0.3, -0.25) is 14.5 Å². The molecule has 2 atom stereocenters. The van der Waals surface area contributed by atoms with E-state index in [0.717, 1.165) is 84.5 Å². The highest BCUT2D eigenvalue weighted by molar-refractivity contribution is 5.79. The number of ether oxygens (including phenoxy) is 1. The summed E-state index contributed by atoms with van der Waals surface area (Å²) in [6.07, 6.45) is 7.50. The summed E-state index contributed by atoms with van der Waals surface area (Å²) in [5.74, 6) is 0.131. The van der Waals surface area contributed by atoms with Gasteiger partial charge in [-0.2, -0.15) is 0 Å². The molecule has 2 saturated heterocycles. The van der Waals surface area contributed by atoms with E-state index in [1.807, 2.05) is 6.07 Å². The van der Waals surface area contributed by atoms with Crippen molar-refractivity contribution in [1.82, 2.24) is 9.80 Å². The summed E-state index contributed by atoms with van der Waals surface area (Å²) < 4.78 is 5.50. The molecule has 1 aromatic carbocycles. The summed E-state index contributed by atoms with van der Waals surface area (Å²) >= 11 is 0. The smallest absolute Gasteiger partial charge is 0.303 e. The van der Waals surface area contributed by atoms with Crippen LogP contribution in [-0.2, 0) is 14.3 Å². The van der Waals surface area contributed by atoms with E-state index >= 15 is 0 Å². The Hall–Kier alpha value is -2.12. The number of carboxylic acid groups (broad SMARTS) is 1. The molecule has 4 rings (SSSR count). The lowest BCUT2D eigenvalue weighted by Crippen LogP contribution is -2.48. The monoisotopic (exact) mass is 485 g/mol. The minimum Gasteiger partial charge on any atom is -0.481 e. The minimum atomic E-state index is -0.723. The highest BCUT2D eigenvalue weighted by atomic mass is 16.5. The largest absolute Gasteiger partial charge is 0.481 e. The van der Waals surface area contributed by atoms with E-state index in [1.165, 1.54) is 12.1 Å². The second-order valence-corrected chi connectivity index (χ2v) is 10.6. The van der Waals surface area contributed by atoms with E-state index in [4.69, 9.17) is 4.74 Å². The van der Waals surface area contributed by atoms with E-state index in [2.05, 4.69) is 39.0 Å². The number of likely N-dealkylation sites (tertiary alicyclic amines) is 1. The van der Waals surface area contributed by atoms with Crippen LogP contribution in [0.5, 0.6) is 0 Å². The van der Waals surface area contributed by atoms with E-state index in [1.54, 1.807) is 0 Å². The lowest BCUT2D eigenvalue weighted by atomic mass is 9.80. The number of piperidine rings is 1. The summed E-state index contributed by atoms with van der Waals surface area (Å²) in [6, 6.07) is 10.5. The summed E-state index contributed by atoms with van der Waals surface area (Å²) in [4.78, 5) is 31.8. The molecule has 3 fully saturated rings. The van der Waals surface area contributed by atoms with Gasteiger partial charge in [0.1, 0.15) is 0 Å². The normalized spacial score (nSPS) is 24.3. The Morgan fingerprint density at radius 2 is 1.69 bits per heavy atom. The van der Waals surface area contributed by atoms with E-state index in [0.29, 0.717) is 19.0 Å². The van der Waals surface area contributed by atoms with Crippen molar-refractivity contribution in [2.75, 3.05) is 63.9 Å². The topological polar surface area (TPSA) is 73.3 Å². The third-order valence-electron chi connectivity index (χ3n) is 8.28. The molecule has 1 aromatic rings. The standard InChI is InChI=1S/C28H43N3O4/c32-27(33)21-24-11-14-31(28(34)23-7-3-1-4-8-23)22-25(24)12-13-30(26-9-5-2-6-10-26)16-15-29-17-19-35-20-18-29/h2,5-6,9-10,23-25H,1,3-4,7-8,11-22H2,(H,32,33)/t24-,25+/m0/s1. The van der Waals surface area contributed by atoms with Gasteiger partial charge in [0.2, 0.25) is 5.91 Å². The third-order valence-corrected chi connectivity index (χ3v) is 8.28. The fourth-order valence-electron chi connectivity index (χ4n) is 6.13. The van der Waals surface area contributed by atoms with Gasteiger partial charge in [-0.25, -0.2) is 0 Å². The number of aliphatic carboxylic acids is 1. The molecular formula is C28H43N3O4. The zero-order valence-corrected chi connectivity index (χ0v) is 21.2. The number of nitrogens with zero attached hydrogens (tertiary/aromatic N) is 3. The van der Waals surface area contributed by atoms with Gasteiger partial charge < -0.3 is 19.6 Å². The van der Waals surface area contributed by atoms with Crippen LogP contribution in [0, 0.1) is 17.8 Å². The van der Waals surface area contributed by atoms with Crippen LogP contribution in [0.4, 0.5) is 5.69 Å². The quantitative estimate of drug-likeness (QED) is 0.544. The second-order valence-electron chi connectivity index (χ2n) is 10.6.